The number of carbonyl (C=O) groups is 2. The van der Waals surface area contributed by atoms with E-state index in [-0.39, 0.29) is 24.2 Å². The third kappa shape index (κ3) is 4.47. The smallest absolute Gasteiger partial charge is 0.416 e. The molecule has 0 radical (unpaired) electrons. The Morgan fingerprint density at radius 2 is 2.18 bits per heavy atom. The van der Waals surface area contributed by atoms with Gasteiger partial charge in [0.05, 0.1) is 31.0 Å². The number of rotatable bonds is 5. The molecule has 2 atom stereocenters. The first-order chi connectivity index (χ1) is 13.3. The van der Waals surface area contributed by atoms with Crippen molar-refractivity contribution in [3.8, 4) is 0 Å². The summed E-state index contributed by atoms with van der Waals surface area (Å²) in [5.74, 6) is -0.930. The molecule has 1 aliphatic heterocycles. The molecule has 0 spiro atoms. The van der Waals surface area contributed by atoms with Crippen LogP contribution in [0.15, 0.2) is 30.5 Å². The minimum absolute atomic E-state index is 0.0125. The maximum Gasteiger partial charge on any atom is 0.416 e. The summed E-state index contributed by atoms with van der Waals surface area (Å²) in [5, 5.41) is 13.3. The molecular weight excluding hydrogens is 379 g/mol. The van der Waals surface area contributed by atoms with Crippen molar-refractivity contribution in [2.24, 2.45) is 0 Å². The van der Waals surface area contributed by atoms with Crippen LogP contribution < -0.4 is 10.6 Å². The van der Waals surface area contributed by atoms with Gasteiger partial charge in [-0.2, -0.15) is 13.2 Å². The zero-order valence-corrected chi connectivity index (χ0v) is 14.9. The normalized spacial score (nSPS) is 19.4. The summed E-state index contributed by atoms with van der Waals surface area (Å²) in [6.07, 6.45) is -2.58. The van der Waals surface area contributed by atoms with Crippen molar-refractivity contribution in [1.82, 2.24) is 25.6 Å². The second-order valence-electron chi connectivity index (χ2n) is 6.34. The zero-order valence-electron chi connectivity index (χ0n) is 14.9. The van der Waals surface area contributed by atoms with Gasteiger partial charge in [-0.3, -0.25) is 4.79 Å². The Balaban J connectivity index is 1.55. The zero-order chi connectivity index (χ0) is 20.3. The Hall–Kier alpha value is -2.95. The summed E-state index contributed by atoms with van der Waals surface area (Å²) in [4.78, 5) is 23.8. The van der Waals surface area contributed by atoms with E-state index < -0.39 is 23.8 Å². The van der Waals surface area contributed by atoms with E-state index in [0.29, 0.717) is 18.5 Å². The van der Waals surface area contributed by atoms with E-state index in [1.54, 1.807) is 0 Å². The first-order valence-corrected chi connectivity index (χ1v) is 8.45. The van der Waals surface area contributed by atoms with E-state index in [0.717, 1.165) is 12.1 Å². The van der Waals surface area contributed by atoms with Gasteiger partial charge in [0.15, 0.2) is 5.69 Å². The van der Waals surface area contributed by atoms with Crippen molar-refractivity contribution in [2.75, 3.05) is 13.7 Å². The fourth-order valence-corrected chi connectivity index (χ4v) is 2.94. The maximum atomic E-state index is 12.8. The van der Waals surface area contributed by atoms with Crippen LogP contribution in [0.4, 0.5) is 13.2 Å². The summed E-state index contributed by atoms with van der Waals surface area (Å²) in [6.45, 7) is 0.424. The second-order valence-corrected chi connectivity index (χ2v) is 6.34. The predicted octanol–water partition coefficient (Wildman–Crippen LogP) is 1.30. The number of alkyl halides is 3. The van der Waals surface area contributed by atoms with Crippen LogP contribution in [0.25, 0.3) is 0 Å². The van der Waals surface area contributed by atoms with E-state index >= 15 is 0 Å². The molecule has 1 aromatic carbocycles. The van der Waals surface area contributed by atoms with Gasteiger partial charge in [0.25, 0.3) is 0 Å². The first kappa shape index (κ1) is 19.8. The number of nitrogens with zero attached hydrogens (tertiary/aromatic N) is 3. The summed E-state index contributed by atoms with van der Waals surface area (Å²) < 4.78 is 44.3. The molecule has 150 valence electrons. The number of carbonyl (C=O) groups excluding carboxylic acids is 2. The molecule has 1 amide bonds. The molecule has 1 aliphatic rings. The molecule has 8 nitrogen and oxygen atoms in total. The highest BCUT2D eigenvalue weighted by molar-refractivity contribution is 5.86. The minimum Gasteiger partial charge on any atom is -0.464 e. The Morgan fingerprint density at radius 1 is 1.39 bits per heavy atom. The van der Waals surface area contributed by atoms with Gasteiger partial charge in [-0.1, -0.05) is 17.3 Å². The van der Waals surface area contributed by atoms with Crippen molar-refractivity contribution >= 4 is 11.9 Å². The number of amides is 1. The number of halogens is 3. The molecule has 1 aromatic heterocycles. The largest absolute Gasteiger partial charge is 0.464 e. The Kier molecular flexibility index (Phi) is 5.63. The number of aromatic nitrogens is 3. The standard InChI is InChI=1S/C17H18F3N5O3/c1-28-16(27)14-9-25(24-23-14)12-6-13(21-8-12)15(26)22-7-10-3-2-4-11(5-10)17(18,19)20/h2-5,9,12-13,21H,6-8H2,1H3,(H,22,26)/t12-,13-/m0/s1. The van der Waals surface area contributed by atoms with Crippen molar-refractivity contribution in [2.45, 2.75) is 31.2 Å². The van der Waals surface area contributed by atoms with Crippen LogP contribution >= 0.6 is 0 Å². The lowest BCUT2D eigenvalue weighted by Crippen LogP contribution is -2.40. The van der Waals surface area contributed by atoms with Gasteiger partial charge in [-0.25, -0.2) is 9.48 Å². The Morgan fingerprint density at radius 3 is 2.89 bits per heavy atom. The Labute approximate surface area is 158 Å². The molecule has 11 heteroatoms. The Bertz CT molecular complexity index is 868. The van der Waals surface area contributed by atoms with Crippen LogP contribution in [-0.4, -0.2) is 46.6 Å². The van der Waals surface area contributed by atoms with E-state index in [1.165, 1.54) is 30.1 Å². The lowest BCUT2D eigenvalue weighted by atomic mass is 10.1. The van der Waals surface area contributed by atoms with Crippen LogP contribution in [0.3, 0.4) is 0 Å². The minimum atomic E-state index is -4.43. The molecule has 1 saturated heterocycles. The summed E-state index contributed by atoms with van der Waals surface area (Å²) in [6, 6.07) is 4.10. The van der Waals surface area contributed by atoms with Gasteiger partial charge in [-0.15, -0.1) is 5.10 Å². The summed E-state index contributed by atoms with van der Waals surface area (Å²) in [7, 11) is 1.24. The molecule has 0 saturated carbocycles. The highest BCUT2D eigenvalue weighted by Crippen LogP contribution is 2.29. The van der Waals surface area contributed by atoms with Gasteiger partial charge in [-0.05, 0) is 24.1 Å². The number of esters is 1. The predicted molar refractivity (Wildman–Crippen MR) is 90.1 cm³/mol. The van der Waals surface area contributed by atoms with Crippen molar-refractivity contribution in [3.63, 3.8) is 0 Å². The molecule has 1 fully saturated rings. The molecule has 0 bridgehead atoms. The second kappa shape index (κ2) is 7.97. The maximum absolute atomic E-state index is 12.8. The lowest BCUT2D eigenvalue weighted by molar-refractivity contribution is -0.137. The summed E-state index contributed by atoms with van der Waals surface area (Å²) >= 11 is 0. The van der Waals surface area contributed by atoms with Crippen LogP contribution in [0, 0.1) is 0 Å². The van der Waals surface area contributed by atoms with Crippen LogP contribution in [0.1, 0.15) is 34.1 Å². The highest BCUT2D eigenvalue weighted by atomic mass is 19.4. The SMILES string of the molecule is COC(=O)c1cn([C@@H]2CN[C@H](C(=O)NCc3cccc(C(F)(F)F)c3)C2)nn1. The van der Waals surface area contributed by atoms with Crippen LogP contribution in [0.5, 0.6) is 0 Å². The quantitative estimate of drug-likeness (QED) is 0.739. The summed E-state index contributed by atoms with van der Waals surface area (Å²) in [5.41, 5.74) is -0.331. The van der Waals surface area contributed by atoms with E-state index in [2.05, 4.69) is 25.7 Å². The van der Waals surface area contributed by atoms with Crippen molar-refractivity contribution < 1.29 is 27.5 Å². The van der Waals surface area contributed by atoms with Crippen molar-refractivity contribution in [3.05, 3.63) is 47.3 Å². The fraction of sp³-hybridized carbons (Fsp3) is 0.412. The third-order valence-electron chi connectivity index (χ3n) is 4.42. The number of hydrogen-bond acceptors (Lipinski definition) is 6. The number of nitrogens with one attached hydrogen (secondary N) is 2. The topological polar surface area (TPSA) is 98.1 Å². The lowest BCUT2D eigenvalue weighted by Gasteiger charge is -2.13. The average molecular weight is 397 g/mol. The van der Waals surface area contributed by atoms with E-state index in [1.807, 2.05) is 0 Å². The molecule has 28 heavy (non-hydrogen) atoms. The molecule has 2 aromatic rings. The van der Waals surface area contributed by atoms with Gasteiger partial charge < -0.3 is 15.4 Å². The van der Waals surface area contributed by atoms with Crippen molar-refractivity contribution in [1.29, 1.82) is 0 Å². The fourth-order valence-electron chi connectivity index (χ4n) is 2.94. The molecular formula is C17H18F3N5O3. The molecule has 3 rings (SSSR count). The first-order valence-electron chi connectivity index (χ1n) is 8.45. The van der Waals surface area contributed by atoms with Gasteiger partial charge >= 0.3 is 12.1 Å². The number of ether oxygens (including phenoxy) is 1. The van der Waals surface area contributed by atoms with E-state index in [4.69, 9.17) is 0 Å². The third-order valence-corrected chi connectivity index (χ3v) is 4.42. The molecule has 2 N–H and O–H groups in total. The highest BCUT2D eigenvalue weighted by Gasteiger charge is 2.32. The molecule has 0 unspecified atom stereocenters. The number of benzene rings is 1. The van der Waals surface area contributed by atoms with Crippen LogP contribution in [-0.2, 0) is 22.3 Å². The van der Waals surface area contributed by atoms with Gasteiger partial charge in [0.1, 0.15) is 0 Å². The number of hydrogen-bond donors (Lipinski definition) is 2. The van der Waals surface area contributed by atoms with E-state index in [9.17, 15) is 22.8 Å². The number of methoxy groups -OCH3 is 1. The average Bonchev–Trinajstić information content (AvgIpc) is 3.34. The van der Waals surface area contributed by atoms with Crippen LogP contribution in [0.2, 0.25) is 0 Å². The monoisotopic (exact) mass is 397 g/mol. The van der Waals surface area contributed by atoms with Gasteiger partial charge in [0, 0.05) is 13.1 Å². The molecule has 2 heterocycles. The molecule has 0 aliphatic carbocycles. The van der Waals surface area contributed by atoms with Gasteiger partial charge in [0.2, 0.25) is 5.91 Å².